The molecule has 0 aromatic heterocycles. The molecule has 4 rings (SSSR count). The van der Waals surface area contributed by atoms with Gasteiger partial charge >= 0.3 is 0 Å². The van der Waals surface area contributed by atoms with Crippen LogP contribution in [0.3, 0.4) is 0 Å². The molecule has 3 aromatic carbocycles. The number of nitrogens with one attached hydrogen (secondary N) is 1. The lowest BCUT2D eigenvalue weighted by Gasteiger charge is -2.24. The highest BCUT2D eigenvalue weighted by molar-refractivity contribution is 6.35. The van der Waals surface area contributed by atoms with Crippen LogP contribution in [0.25, 0.3) is 0 Å². The van der Waals surface area contributed by atoms with Crippen LogP contribution < -0.4 is 5.32 Å². The van der Waals surface area contributed by atoms with E-state index in [0.29, 0.717) is 21.8 Å². The van der Waals surface area contributed by atoms with Crippen molar-refractivity contribution in [3.05, 3.63) is 101 Å². The van der Waals surface area contributed by atoms with Crippen LogP contribution in [0.2, 0.25) is 5.02 Å². The molecule has 1 aliphatic heterocycles. The van der Waals surface area contributed by atoms with Crippen LogP contribution in [0, 0.1) is 0 Å². The third kappa shape index (κ3) is 4.45. The van der Waals surface area contributed by atoms with E-state index in [1.54, 1.807) is 30.3 Å². The maximum absolute atomic E-state index is 13.2. The molecule has 0 radical (unpaired) electrons. The van der Waals surface area contributed by atoms with Crippen molar-refractivity contribution >= 4 is 29.0 Å². The highest BCUT2D eigenvalue weighted by Gasteiger charge is 2.31. The van der Waals surface area contributed by atoms with Gasteiger partial charge in [-0.05, 0) is 37.1 Å². The summed E-state index contributed by atoms with van der Waals surface area (Å²) in [5, 5.41) is 3.31. The zero-order valence-corrected chi connectivity index (χ0v) is 17.3. The Balaban J connectivity index is 1.55. The SMILES string of the molecule is O=C(c1ccccc1)c1cccc(Cl)c1NC(=O)[C@@H]1CCCN1Cc1ccccc1. The van der Waals surface area contributed by atoms with Gasteiger partial charge in [-0.15, -0.1) is 0 Å². The van der Waals surface area contributed by atoms with Crippen LogP contribution in [0.4, 0.5) is 5.69 Å². The molecule has 1 saturated heterocycles. The number of carbonyl (C=O) groups excluding carboxylic acids is 2. The lowest BCUT2D eigenvalue weighted by molar-refractivity contribution is -0.120. The molecule has 5 heteroatoms. The average Bonchev–Trinajstić information content (AvgIpc) is 3.24. The molecule has 1 N–H and O–H groups in total. The van der Waals surface area contributed by atoms with Gasteiger partial charge in [-0.3, -0.25) is 14.5 Å². The first-order valence-electron chi connectivity index (χ1n) is 10.1. The number of para-hydroxylation sites is 1. The van der Waals surface area contributed by atoms with E-state index in [2.05, 4.69) is 22.3 Å². The standard InChI is InChI=1S/C25H23ClN2O2/c26-21-14-7-13-20(24(29)19-11-5-2-6-12-19)23(21)27-25(30)22-15-8-16-28(22)17-18-9-3-1-4-10-18/h1-7,9-14,22H,8,15-17H2,(H,27,30)/t22-/m0/s1. The van der Waals surface area contributed by atoms with Crippen molar-refractivity contribution in [2.45, 2.75) is 25.4 Å². The van der Waals surface area contributed by atoms with Crippen LogP contribution in [0.15, 0.2) is 78.9 Å². The number of anilines is 1. The Hall–Kier alpha value is -2.95. The molecule has 1 amide bonds. The summed E-state index contributed by atoms with van der Waals surface area (Å²) in [4.78, 5) is 28.3. The highest BCUT2D eigenvalue weighted by atomic mass is 35.5. The maximum atomic E-state index is 13.2. The molecular formula is C25H23ClN2O2. The lowest BCUT2D eigenvalue weighted by atomic mass is 10.0. The number of hydrogen-bond donors (Lipinski definition) is 1. The monoisotopic (exact) mass is 418 g/mol. The van der Waals surface area contributed by atoms with Crippen LogP contribution in [-0.2, 0) is 11.3 Å². The van der Waals surface area contributed by atoms with Gasteiger partial charge < -0.3 is 5.32 Å². The smallest absolute Gasteiger partial charge is 0.241 e. The summed E-state index contributed by atoms with van der Waals surface area (Å²) in [6.07, 6.45) is 1.74. The van der Waals surface area contributed by atoms with E-state index in [9.17, 15) is 9.59 Å². The molecule has 4 nitrogen and oxygen atoms in total. The molecule has 3 aromatic rings. The summed E-state index contributed by atoms with van der Waals surface area (Å²) >= 11 is 6.40. The van der Waals surface area contributed by atoms with E-state index in [-0.39, 0.29) is 17.7 Å². The summed E-state index contributed by atoms with van der Waals surface area (Å²) in [5.74, 6) is -0.292. The molecule has 30 heavy (non-hydrogen) atoms. The summed E-state index contributed by atoms with van der Waals surface area (Å²) in [7, 11) is 0. The molecule has 1 aliphatic rings. The second kappa shape index (κ2) is 9.24. The van der Waals surface area contributed by atoms with Crippen LogP contribution in [-0.4, -0.2) is 29.2 Å². The Morgan fingerprint density at radius 1 is 0.933 bits per heavy atom. The van der Waals surface area contributed by atoms with E-state index in [4.69, 9.17) is 11.6 Å². The predicted molar refractivity (Wildman–Crippen MR) is 120 cm³/mol. The van der Waals surface area contributed by atoms with E-state index in [1.165, 1.54) is 5.56 Å². The largest absolute Gasteiger partial charge is 0.323 e. The second-order valence-electron chi connectivity index (χ2n) is 7.46. The molecule has 0 saturated carbocycles. The quantitative estimate of drug-likeness (QED) is 0.561. The Kier molecular flexibility index (Phi) is 6.26. The zero-order valence-electron chi connectivity index (χ0n) is 16.6. The number of halogens is 1. The first-order valence-corrected chi connectivity index (χ1v) is 10.5. The fourth-order valence-electron chi connectivity index (χ4n) is 3.92. The van der Waals surface area contributed by atoms with Gasteiger partial charge in [-0.1, -0.05) is 78.3 Å². The number of rotatable bonds is 6. The van der Waals surface area contributed by atoms with E-state index in [1.807, 2.05) is 36.4 Å². The number of nitrogens with zero attached hydrogens (tertiary/aromatic N) is 1. The molecular weight excluding hydrogens is 396 g/mol. The summed E-state index contributed by atoms with van der Waals surface area (Å²) in [6, 6.07) is 24.0. The Labute approximate surface area is 181 Å². The lowest BCUT2D eigenvalue weighted by Crippen LogP contribution is -2.39. The predicted octanol–water partition coefficient (Wildman–Crippen LogP) is 5.17. The van der Waals surface area contributed by atoms with Crippen molar-refractivity contribution in [2.24, 2.45) is 0 Å². The molecule has 0 spiro atoms. The molecule has 0 unspecified atom stereocenters. The number of hydrogen-bond acceptors (Lipinski definition) is 3. The number of likely N-dealkylation sites (tertiary alicyclic amines) is 1. The number of ketones is 1. The van der Waals surface area contributed by atoms with E-state index >= 15 is 0 Å². The minimum atomic E-state index is -0.249. The van der Waals surface area contributed by atoms with Crippen molar-refractivity contribution in [2.75, 3.05) is 11.9 Å². The Morgan fingerprint density at radius 3 is 2.37 bits per heavy atom. The van der Waals surface area contributed by atoms with Crippen molar-refractivity contribution in [3.63, 3.8) is 0 Å². The molecule has 0 bridgehead atoms. The van der Waals surface area contributed by atoms with Gasteiger partial charge in [0.2, 0.25) is 5.91 Å². The van der Waals surface area contributed by atoms with Gasteiger partial charge in [0, 0.05) is 17.7 Å². The van der Waals surface area contributed by atoms with Gasteiger partial charge in [-0.2, -0.15) is 0 Å². The highest BCUT2D eigenvalue weighted by Crippen LogP contribution is 2.30. The zero-order chi connectivity index (χ0) is 20.9. The van der Waals surface area contributed by atoms with Gasteiger partial charge in [0.15, 0.2) is 5.78 Å². The molecule has 1 heterocycles. The van der Waals surface area contributed by atoms with Gasteiger partial charge in [0.05, 0.1) is 16.8 Å². The summed E-state index contributed by atoms with van der Waals surface area (Å²) in [6.45, 7) is 1.59. The maximum Gasteiger partial charge on any atom is 0.241 e. The number of amides is 1. The normalized spacial score (nSPS) is 16.4. The van der Waals surface area contributed by atoms with E-state index in [0.717, 1.165) is 25.9 Å². The van der Waals surface area contributed by atoms with Gasteiger partial charge in [-0.25, -0.2) is 0 Å². The topological polar surface area (TPSA) is 49.4 Å². The van der Waals surface area contributed by atoms with Crippen molar-refractivity contribution in [3.8, 4) is 0 Å². The van der Waals surface area contributed by atoms with Crippen molar-refractivity contribution in [1.82, 2.24) is 4.90 Å². The Morgan fingerprint density at radius 2 is 1.63 bits per heavy atom. The fourth-order valence-corrected chi connectivity index (χ4v) is 4.14. The molecule has 1 fully saturated rings. The molecule has 0 aliphatic carbocycles. The van der Waals surface area contributed by atoms with Gasteiger partial charge in [0.25, 0.3) is 0 Å². The first-order chi connectivity index (χ1) is 14.6. The van der Waals surface area contributed by atoms with Crippen LogP contribution in [0.5, 0.6) is 0 Å². The minimum absolute atomic E-state index is 0.126. The summed E-state index contributed by atoms with van der Waals surface area (Å²) < 4.78 is 0. The number of carbonyl (C=O) groups is 2. The third-order valence-corrected chi connectivity index (χ3v) is 5.75. The van der Waals surface area contributed by atoms with Gasteiger partial charge in [0.1, 0.15) is 0 Å². The Bertz CT molecular complexity index is 1040. The van der Waals surface area contributed by atoms with Crippen molar-refractivity contribution < 1.29 is 9.59 Å². The minimum Gasteiger partial charge on any atom is -0.323 e. The molecule has 152 valence electrons. The second-order valence-corrected chi connectivity index (χ2v) is 7.87. The first kappa shape index (κ1) is 20.3. The van der Waals surface area contributed by atoms with E-state index < -0.39 is 0 Å². The van der Waals surface area contributed by atoms with Crippen LogP contribution >= 0.6 is 11.6 Å². The fraction of sp³-hybridized carbons (Fsp3) is 0.200. The number of benzene rings is 3. The van der Waals surface area contributed by atoms with Crippen LogP contribution in [0.1, 0.15) is 34.3 Å². The third-order valence-electron chi connectivity index (χ3n) is 5.44. The van der Waals surface area contributed by atoms with Crippen molar-refractivity contribution in [1.29, 1.82) is 0 Å². The molecule has 1 atom stereocenters. The summed E-state index contributed by atoms with van der Waals surface area (Å²) in [5.41, 5.74) is 2.51. The average molecular weight is 419 g/mol.